The van der Waals surface area contributed by atoms with Gasteiger partial charge in [0.1, 0.15) is 6.04 Å². The van der Waals surface area contributed by atoms with Crippen LogP contribution in [0.15, 0.2) is 60.7 Å². The third-order valence-corrected chi connectivity index (χ3v) is 6.17. The Balaban J connectivity index is 1.64. The molecule has 3 rings (SSSR count). The zero-order chi connectivity index (χ0) is 22.9. The highest BCUT2D eigenvalue weighted by molar-refractivity contribution is 5.97. The van der Waals surface area contributed by atoms with Crippen molar-refractivity contribution in [3.8, 4) is 0 Å². The Labute approximate surface area is 190 Å². The van der Waals surface area contributed by atoms with Gasteiger partial charge in [-0.05, 0) is 49.8 Å². The first-order chi connectivity index (χ1) is 15.5. The summed E-state index contributed by atoms with van der Waals surface area (Å²) in [5.41, 5.74) is 1.53. The summed E-state index contributed by atoms with van der Waals surface area (Å²) in [6, 6.07) is 18.1. The standard InChI is InChI=1S/C26H33N3O3/c1-3-19(2)27-26(32)24(28-25(31)22-12-8-5-9-13-22)21-14-16-29(17-15-21)23(30)18-20-10-6-4-7-11-20/h4-13,19,21,24H,3,14-18H2,1-2H3,(H,27,32)(H,28,31)/t19-,24-/m0/s1. The average Bonchev–Trinajstić information content (AvgIpc) is 2.83. The highest BCUT2D eigenvalue weighted by atomic mass is 16.2. The summed E-state index contributed by atoms with van der Waals surface area (Å²) in [4.78, 5) is 40.4. The zero-order valence-electron chi connectivity index (χ0n) is 18.9. The zero-order valence-corrected chi connectivity index (χ0v) is 18.9. The number of nitrogens with zero attached hydrogens (tertiary/aromatic N) is 1. The van der Waals surface area contributed by atoms with Gasteiger partial charge in [-0.3, -0.25) is 14.4 Å². The van der Waals surface area contributed by atoms with Crippen molar-refractivity contribution in [3.63, 3.8) is 0 Å². The van der Waals surface area contributed by atoms with Gasteiger partial charge in [-0.15, -0.1) is 0 Å². The molecular weight excluding hydrogens is 402 g/mol. The SMILES string of the molecule is CC[C@H](C)NC(=O)[C@@H](NC(=O)c1ccccc1)C1CCN(C(=O)Cc2ccccc2)CC1. The van der Waals surface area contributed by atoms with Crippen LogP contribution in [0.4, 0.5) is 0 Å². The Morgan fingerprint density at radius 2 is 1.53 bits per heavy atom. The molecule has 2 atom stereocenters. The molecule has 1 aliphatic rings. The first-order valence-electron chi connectivity index (χ1n) is 11.5. The van der Waals surface area contributed by atoms with Crippen LogP contribution in [0, 0.1) is 5.92 Å². The Hall–Kier alpha value is -3.15. The van der Waals surface area contributed by atoms with Gasteiger partial charge >= 0.3 is 0 Å². The normalized spacial score (nSPS) is 16.1. The smallest absolute Gasteiger partial charge is 0.251 e. The molecule has 2 aromatic rings. The van der Waals surface area contributed by atoms with Crippen LogP contribution in [0.5, 0.6) is 0 Å². The van der Waals surface area contributed by atoms with E-state index in [4.69, 9.17) is 0 Å². The van der Waals surface area contributed by atoms with Crippen molar-refractivity contribution < 1.29 is 14.4 Å². The lowest BCUT2D eigenvalue weighted by Gasteiger charge is -2.36. The number of hydrogen-bond donors (Lipinski definition) is 2. The van der Waals surface area contributed by atoms with Crippen molar-refractivity contribution in [2.75, 3.05) is 13.1 Å². The maximum atomic E-state index is 13.0. The van der Waals surface area contributed by atoms with Crippen LogP contribution < -0.4 is 10.6 Å². The molecule has 1 saturated heterocycles. The van der Waals surface area contributed by atoms with Gasteiger partial charge in [0.05, 0.1) is 6.42 Å². The van der Waals surface area contributed by atoms with E-state index in [1.165, 1.54) is 0 Å². The van der Waals surface area contributed by atoms with Crippen molar-refractivity contribution in [1.82, 2.24) is 15.5 Å². The van der Waals surface area contributed by atoms with E-state index in [2.05, 4.69) is 10.6 Å². The molecule has 170 valence electrons. The molecule has 0 aliphatic carbocycles. The predicted molar refractivity (Wildman–Crippen MR) is 125 cm³/mol. The monoisotopic (exact) mass is 435 g/mol. The number of carbonyl (C=O) groups is 3. The second-order valence-electron chi connectivity index (χ2n) is 8.52. The van der Waals surface area contributed by atoms with E-state index >= 15 is 0 Å². The number of hydrogen-bond acceptors (Lipinski definition) is 3. The molecule has 1 heterocycles. The minimum absolute atomic E-state index is 0.0208. The van der Waals surface area contributed by atoms with Crippen LogP contribution in [0.2, 0.25) is 0 Å². The number of rotatable bonds is 8. The minimum atomic E-state index is -0.622. The van der Waals surface area contributed by atoms with E-state index in [9.17, 15) is 14.4 Å². The van der Waals surface area contributed by atoms with Crippen LogP contribution in [-0.4, -0.2) is 47.8 Å². The molecule has 0 aromatic heterocycles. The minimum Gasteiger partial charge on any atom is -0.352 e. The third kappa shape index (κ3) is 6.42. The summed E-state index contributed by atoms with van der Waals surface area (Å²) < 4.78 is 0. The van der Waals surface area contributed by atoms with Gasteiger partial charge in [0.2, 0.25) is 11.8 Å². The quantitative estimate of drug-likeness (QED) is 0.669. The Morgan fingerprint density at radius 1 is 0.938 bits per heavy atom. The fourth-order valence-corrected chi connectivity index (χ4v) is 4.01. The van der Waals surface area contributed by atoms with Crippen LogP contribution in [0.1, 0.15) is 49.0 Å². The molecule has 1 fully saturated rings. The highest BCUT2D eigenvalue weighted by Gasteiger charge is 2.34. The summed E-state index contributed by atoms with van der Waals surface area (Å²) in [6.07, 6.45) is 2.55. The summed E-state index contributed by atoms with van der Waals surface area (Å²) in [5, 5.41) is 5.98. The summed E-state index contributed by atoms with van der Waals surface area (Å²) in [7, 11) is 0. The molecule has 0 saturated carbocycles. The molecule has 0 unspecified atom stereocenters. The van der Waals surface area contributed by atoms with Gasteiger partial charge in [-0.2, -0.15) is 0 Å². The van der Waals surface area contributed by atoms with Crippen molar-refractivity contribution >= 4 is 17.7 Å². The van der Waals surface area contributed by atoms with E-state index in [1.54, 1.807) is 24.3 Å². The predicted octanol–water partition coefficient (Wildman–Crippen LogP) is 3.18. The van der Waals surface area contributed by atoms with Gasteiger partial charge in [-0.1, -0.05) is 55.5 Å². The molecule has 3 amide bonds. The molecule has 6 heteroatoms. The number of piperidine rings is 1. The van der Waals surface area contributed by atoms with E-state index in [0.717, 1.165) is 12.0 Å². The summed E-state index contributed by atoms with van der Waals surface area (Å²) >= 11 is 0. The second-order valence-corrected chi connectivity index (χ2v) is 8.52. The highest BCUT2D eigenvalue weighted by Crippen LogP contribution is 2.22. The van der Waals surface area contributed by atoms with Crippen molar-refractivity contribution in [1.29, 1.82) is 0 Å². The molecule has 1 aliphatic heterocycles. The lowest BCUT2D eigenvalue weighted by atomic mass is 9.88. The van der Waals surface area contributed by atoms with Crippen molar-refractivity contribution in [3.05, 3.63) is 71.8 Å². The van der Waals surface area contributed by atoms with Gasteiger partial charge in [0.25, 0.3) is 5.91 Å². The van der Waals surface area contributed by atoms with E-state index in [0.29, 0.717) is 37.9 Å². The maximum absolute atomic E-state index is 13.0. The van der Waals surface area contributed by atoms with Crippen LogP contribution in [-0.2, 0) is 16.0 Å². The largest absolute Gasteiger partial charge is 0.352 e. The van der Waals surface area contributed by atoms with Crippen LogP contribution in [0.25, 0.3) is 0 Å². The molecule has 6 nitrogen and oxygen atoms in total. The van der Waals surface area contributed by atoms with E-state index in [1.807, 2.05) is 55.1 Å². The third-order valence-electron chi connectivity index (χ3n) is 6.17. The Morgan fingerprint density at radius 3 is 2.12 bits per heavy atom. The van der Waals surface area contributed by atoms with Crippen LogP contribution in [0.3, 0.4) is 0 Å². The number of carbonyl (C=O) groups excluding carboxylic acids is 3. The fraction of sp³-hybridized carbons (Fsp3) is 0.423. The second kappa shape index (κ2) is 11.5. The van der Waals surface area contributed by atoms with Gasteiger partial charge in [0.15, 0.2) is 0 Å². The lowest BCUT2D eigenvalue weighted by molar-refractivity contribution is -0.132. The van der Waals surface area contributed by atoms with Crippen molar-refractivity contribution in [2.24, 2.45) is 5.92 Å². The summed E-state index contributed by atoms with van der Waals surface area (Å²) in [6.45, 7) is 5.15. The van der Waals surface area contributed by atoms with Gasteiger partial charge in [0, 0.05) is 24.7 Å². The molecule has 0 radical (unpaired) electrons. The molecule has 2 aromatic carbocycles. The molecule has 2 N–H and O–H groups in total. The fourth-order valence-electron chi connectivity index (χ4n) is 4.01. The number of likely N-dealkylation sites (tertiary alicyclic amines) is 1. The van der Waals surface area contributed by atoms with Crippen molar-refractivity contribution in [2.45, 2.75) is 51.6 Å². The Kier molecular flexibility index (Phi) is 8.42. The van der Waals surface area contributed by atoms with Gasteiger partial charge in [-0.25, -0.2) is 0 Å². The van der Waals surface area contributed by atoms with E-state index < -0.39 is 6.04 Å². The molecule has 32 heavy (non-hydrogen) atoms. The Bertz CT molecular complexity index is 893. The summed E-state index contributed by atoms with van der Waals surface area (Å²) in [5.74, 6) is -0.328. The van der Waals surface area contributed by atoms with Gasteiger partial charge < -0.3 is 15.5 Å². The van der Waals surface area contributed by atoms with E-state index in [-0.39, 0.29) is 29.7 Å². The number of nitrogens with one attached hydrogen (secondary N) is 2. The first-order valence-corrected chi connectivity index (χ1v) is 11.5. The number of benzene rings is 2. The molecular formula is C26H33N3O3. The first kappa shape index (κ1) is 23.5. The topological polar surface area (TPSA) is 78.5 Å². The molecule has 0 bridgehead atoms. The van der Waals surface area contributed by atoms with Crippen LogP contribution >= 0.6 is 0 Å². The molecule has 0 spiro atoms. The lowest BCUT2D eigenvalue weighted by Crippen LogP contribution is -2.55. The average molecular weight is 436 g/mol. The number of amides is 3. The maximum Gasteiger partial charge on any atom is 0.251 e.